The average molecular weight is 277 g/mol. The molecule has 2 rings (SSSR count). The number of rotatable bonds is 3. The molecule has 4 heteroatoms. The number of hydrogen-bond donors (Lipinski definition) is 1. The fourth-order valence-electron chi connectivity index (χ4n) is 1.59. The number of phenolic OH excluding ortho intramolecular Hbond substituents is 1. The number of halogens is 2. The van der Waals surface area contributed by atoms with Crippen molar-refractivity contribution in [3.8, 4) is 5.75 Å². The second kappa shape index (κ2) is 5.67. The maximum Gasteiger partial charge on any atom is 0.192 e. The van der Waals surface area contributed by atoms with Crippen LogP contribution in [0.25, 0.3) is 6.08 Å². The average Bonchev–Trinajstić information content (AvgIpc) is 2.38. The van der Waals surface area contributed by atoms with Gasteiger partial charge in [-0.25, -0.2) is 4.39 Å². The van der Waals surface area contributed by atoms with Crippen molar-refractivity contribution >= 4 is 23.5 Å². The first-order chi connectivity index (χ1) is 9.08. The molecule has 0 saturated carbocycles. The van der Waals surface area contributed by atoms with Crippen molar-refractivity contribution in [3.63, 3.8) is 0 Å². The van der Waals surface area contributed by atoms with Crippen LogP contribution < -0.4 is 0 Å². The van der Waals surface area contributed by atoms with Crippen molar-refractivity contribution in [2.45, 2.75) is 0 Å². The van der Waals surface area contributed by atoms with Crippen LogP contribution in [-0.4, -0.2) is 10.9 Å². The van der Waals surface area contributed by atoms with Gasteiger partial charge in [-0.15, -0.1) is 0 Å². The van der Waals surface area contributed by atoms with Crippen molar-refractivity contribution in [1.82, 2.24) is 0 Å². The molecule has 0 fully saturated rings. The minimum absolute atomic E-state index is 0.326. The van der Waals surface area contributed by atoms with Crippen molar-refractivity contribution in [1.29, 1.82) is 0 Å². The molecule has 0 unspecified atom stereocenters. The lowest BCUT2D eigenvalue weighted by molar-refractivity contribution is 0.104. The molecule has 96 valence electrons. The predicted octanol–water partition coefficient (Wildman–Crippen LogP) is 4.08. The molecular formula is C15H10ClFO2. The molecule has 0 atom stereocenters. The van der Waals surface area contributed by atoms with Crippen LogP contribution in [0.15, 0.2) is 48.5 Å². The topological polar surface area (TPSA) is 37.3 Å². The lowest BCUT2D eigenvalue weighted by Gasteiger charge is -2.01. The summed E-state index contributed by atoms with van der Waals surface area (Å²) < 4.78 is 13.4. The third kappa shape index (κ3) is 3.20. The molecule has 0 heterocycles. The Labute approximate surface area is 114 Å². The number of aromatic hydroxyl groups is 1. The van der Waals surface area contributed by atoms with Crippen LogP contribution in [0.4, 0.5) is 4.39 Å². The van der Waals surface area contributed by atoms with Crippen LogP contribution in [0.3, 0.4) is 0 Å². The fraction of sp³-hybridized carbons (Fsp3) is 0. The van der Waals surface area contributed by atoms with Crippen LogP contribution in [0.2, 0.25) is 5.02 Å². The summed E-state index contributed by atoms with van der Waals surface area (Å²) in [5.74, 6) is -1.71. The van der Waals surface area contributed by atoms with Crippen molar-refractivity contribution in [2.24, 2.45) is 0 Å². The summed E-state index contributed by atoms with van der Waals surface area (Å²) in [6.45, 7) is 0. The van der Waals surface area contributed by atoms with Crippen molar-refractivity contribution in [3.05, 3.63) is 70.5 Å². The molecule has 0 bridgehead atoms. The third-order valence-corrected chi connectivity index (χ3v) is 2.79. The zero-order chi connectivity index (χ0) is 13.8. The summed E-state index contributed by atoms with van der Waals surface area (Å²) in [5, 5.41) is 10.1. The van der Waals surface area contributed by atoms with E-state index in [4.69, 9.17) is 11.6 Å². The minimum atomic E-state index is -0.745. The Kier molecular flexibility index (Phi) is 3.97. The van der Waals surface area contributed by atoms with Gasteiger partial charge < -0.3 is 5.11 Å². The van der Waals surface area contributed by atoms with E-state index >= 15 is 0 Å². The smallest absolute Gasteiger partial charge is 0.192 e. The van der Waals surface area contributed by atoms with Gasteiger partial charge in [-0.05, 0) is 35.9 Å². The highest BCUT2D eigenvalue weighted by atomic mass is 35.5. The maximum atomic E-state index is 13.4. The monoisotopic (exact) mass is 276 g/mol. The Bertz CT molecular complexity index is 613. The van der Waals surface area contributed by atoms with Crippen LogP contribution >= 0.6 is 11.6 Å². The molecule has 0 aliphatic heterocycles. The van der Waals surface area contributed by atoms with Crippen LogP contribution in [0, 0.1) is 5.82 Å². The van der Waals surface area contributed by atoms with E-state index in [1.807, 2.05) is 0 Å². The highest BCUT2D eigenvalue weighted by Gasteiger charge is 2.13. The zero-order valence-electron chi connectivity index (χ0n) is 9.81. The molecule has 0 aliphatic rings. The quantitative estimate of drug-likeness (QED) is 0.677. The van der Waals surface area contributed by atoms with E-state index in [1.165, 1.54) is 24.3 Å². The molecule has 0 aromatic heterocycles. The van der Waals surface area contributed by atoms with E-state index in [0.29, 0.717) is 5.02 Å². The summed E-state index contributed by atoms with van der Waals surface area (Å²) in [5.41, 5.74) is 0.432. The molecule has 1 N–H and O–H groups in total. The SMILES string of the molecule is O=C(/C=C/c1ccc(Cl)cc1)c1c(O)cccc1F. The van der Waals surface area contributed by atoms with Gasteiger partial charge in [0.1, 0.15) is 11.6 Å². The number of phenols is 1. The van der Waals surface area contributed by atoms with Gasteiger partial charge in [-0.3, -0.25) is 4.79 Å². The van der Waals surface area contributed by atoms with Crippen molar-refractivity contribution < 1.29 is 14.3 Å². The molecule has 19 heavy (non-hydrogen) atoms. The summed E-state index contributed by atoms with van der Waals surface area (Å²) in [6.07, 6.45) is 2.74. The standard InChI is InChI=1S/C15H10ClFO2/c16-11-7-4-10(5-8-11)6-9-14(19)15-12(17)2-1-3-13(15)18/h1-9,18H/b9-6+. The first-order valence-electron chi connectivity index (χ1n) is 5.53. The largest absolute Gasteiger partial charge is 0.507 e. The van der Waals surface area contributed by atoms with Gasteiger partial charge in [0.2, 0.25) is 0 Å². The van der Waals surface area contributed by atoms with E-state index in [1.54, 1.807) is 24.3 Å². The van der Waals surface area contributed by atoms with Gasteiger partial charge >= 0.3 is 0 Å². The van der Waals surface area contributed by atoms with Gasteiger partial charge in [-0.2, -0.15) is 0 Å². The molecule has 0 radical (unpaired) electrons. The normalized spacial score (nSPS) is 10.8. The zero-order valence-corrected chi connectivity index (χ0v) is 10.6. The first-order valence-corrected chi connectivity index (χ1v) is 5.91. The number of ketones is 1. The van der Waals surface area contributed by atoms with Crippen LogP contribution in [0.1, 0.15) is 15.9 Å². The summed E-state index contributed by atoms with van der Waals surface area (Å²) in [6, 6.07) is 10.6. The Hall–Kier alpha value is -2.13. The summed E-state index contributed by atoms with van der Waals surface area (Å²) >= 11 is 5.74. The number of carbonyl (C=O) groups is 1. The number of allylic oxidation sites excluding steroid dienone is 1. The Morgan fingerprint density at radius 2 is 1.84 bits per heavy atom. The summed E-state index contributed by atoms with van der Waals surface area (Å²) in [7, 11) is 0. The Morgan fingerprint density at radius 3 is 2.47 bits per heavy atom. The molecule has 0 aliphatic carbocycles. The lowest BCUT2D eigenvalue weighted by atomic mass is 10.1. The third-order valence-electron chi connectivity index (χ3n) is 2.54. The second-order valence-electron chi connectivity index (χ2n) is 3.88. The molecule has 0 amide bonds. The van der Waals surface area contributed by atoms with Gasteiger partial charge in [0, 0.05) is 5.02 Å². The molecule has 2 nitrogen and oxygen atoms in total. The minimum Gasteiger partial charge on any atom is -0.507 e. The van der Waals surface area contributed by atoms with Gasteiger partial charge in [-0.1, -0.05) is 35.9 Å². The van der Waals surface area contributed by atoms with Gasteiger partial charge in [0.15, 0.2) is 5.78 Å². The van der Waals surface area contributed by atoms with E-state index in [2.05, 4.69) is 0 Å². The van der Waals surface area contributed by atoms with E-state index in [-0.39, 0.29) is 11.3 Å². The molecular weight excluding hydrogens is 267 g/mol. The number of carbonyl (C=O) groups excluding carboxylic acids is 1. The molecule has 2 aromatic carbocycles. The predicted molar refractivity (Wildman–Crippen MR) is 72.9 cm³/mol. The van der Waals surface area contributed by atoms with Crippen LogP contribution in [-0.2, 0) is 0 Å². The Morgan fingerprint density at radius 1 is 1.16 bits per heavy atom. The number of benzene rings is 2. The summed E-state index contributed by atoms with van der Waals surface area (Å²) in [4.78, 5) is 11.8. The number of hydrogen-bond acceptors (Lipinski definition) is 2. The van der Waals surface area contributed by atoms with Crippen LogP contribution in [0.5, 0.6) is 5.75 Å². The van der Waals surface area contributed by atoms with Gasteiger partial charge in [0.25, 0.3) is 0 Å². The first kappa shape index (κ1) is 13.3. The second-order valence-corrected chi connectivity index (χ2v) is 4.32. The lowest BCUT2D eigenvalue weighted by Crippen LogP contribution is -1.98. The van der Waals surface area contributed by atoms with Crippen molar-refractivity contribution in [2.75, 3.05) is 0 Å². The highest BCUT2D eigenvalue weighted by molar-refractivity contribution is 6.30. The Balaban J connectivity index is 2.24. The highest BCUT2D eigenvalue weighted by Crippen LogP contribution is 2.21. The molecule has 0 saturated heterocycles. The molecule has 2 aromatic rings. The van der Waals surface area contributed by atoms with E-state index in [0.717, 1.165) is 11.6 Å². The fourth-order valence-corrected chi connectivity index (χ4v) is 1.71. The molecule has 0 spiro atoms. The maximum absolute atomic E-state index is 13.4. The van der Waals surface area contributed by atoms with E-state index in [9.17, 15) is 14.3 Å². The van der Waals surface area contributed by atoms with Gasteiger partial charge in [0.05, 0.1) is 5.56 Å². The van der Waals surface area contributed by atoms with E-state index < -0.39 is 11.6 Å².